The van der Waals surface area contributed by atoms with Crippen LogP contribution in [0.25, 0.3) is 0 Å². The normalized spacial score (nSPS) is 12.2. The van der Waals surface area contributed by atoms with Crippen LogP contribution in [0, 0.1) is 31.4 Å². The number of hydrogen-bond acceptors (Lipinski definition) is 6. The van der Waals surface area contributed by atoms with Crippen LogP contribution >= 0.6 is 22.6 Å². The first-order valence-corrected chi connectivity index (χ1v) is 12.3. The van der Waals surface area contributed by atoms with E-state index < -0.39 is 43.5 Å². The summed E-state index contributed by atoms with van der Waals surface area (Å²) in [5.74, 6) is 4.53. The van der Waals surface area contributed by atoms with E-state index in [1.807, 2.05) is 18.2 Å². The van der Waals surface area contributed by atoms with Crippen LogP contribution in [0.4, 0.5) is 5.69 Å². The summed E-state index contributed by atoms with van der Waals surface area (Å²) in [5.41, 5.74) is 0.128. The maximum atomic E-state index is 13.6. The van der Waals surface area contributed by atoms with Crippen molar-refractivity contribution in [2.45, 2.75) is 31.7 Å². The molecule has 0 aliphatic carbocycles. The van der Waals surface area contributed by atoms with Crippen LogP contribution in [-0.2, 0) is 19.6 Å². The second-order valence-corrected chi connectivity index (χ2v) is 10.0. The largest absolute Gasteiger partial charge is 0.465 e. The van der Waals surface area contributed by atoms with Gasteiger partial charge in [-0.1, -0.05) is 50.0 Å². The Morgan fingerprint density at radius 3 is 2.41 bits per heavy atom. The molecule has 1 atom stereocenters. The zero-order valence-electron chi connectivity index (χ0n) is 17.8. The lowest BCUT2D eigenvalue weighted by Gasteiger charge is -2.30. The van der Waals surface area contributed by atoms with E-state index in [4.69, 9.17) is 4.74 Å². The van der Waals surface area contributed by atoms with E-state index in [0.717, 1.165) is 20.0 Å². The van der Waals surface area contributed by atoms with Gasteiger partial charge >= 0.3 is 5.97 Å². The number of nitro benzene ring substituents is 1. The van der Waals surface area contributed by atoms with Gasteiger partial charge in [-0.25, -0.2) is 8.42 Å². The third-order valence-corrected chi connectivity index (χ3v) is 7.27. The Kier molecular flexibility index (Phi) is 9.18. The lowest BCUT2D eigenvalue weighted by atomic mass is 10.0. The molecule has 0 saturated carbocycles. The molecule has 8 nitrogen and oxygen atoms in total. The molecule has 0 aromatic heterocycles. The number of carbonyl (C=O) groups excluding carboxylic acids is 1. The second-order valence-electron chi connectivity index (χ2n) is 7.00. The molecule has 0 radical (unpaired) electrons. The van der Waals surface area contributed by atoms with Gasteiger partial charge in [0.05, 0.1) is 18.1 Å². The molecule has 0 spiro atoms. The molecule has 0 fully saturated rings. The van der Waals surface area contributed by atoms with Gasteiger partial charge in [-0.05, 0) is 53.6 Å². The first-order chi connectivity index (χ1) is 15.1. The van der Waals surface area contributed by atoms with Gasteiger partial charge in [-0.15, -0.1) is 0 Å². The van der Waals surface area contributed by atoms with Crippen LogP contribution in [0.5, 0.6) is 0 Å². The fourth-order valence-corrected chi connectivity index (χ4v) is 5.31. The van der Waals surface area contributed by atoms with Crippen LogP contribution in [0.15, 0.2) is 53.4 Å². The minimum Gasteiger partial charge on any atom is -0.465 e. The van der Waals surface area contributed by atoms with Crippen molar-refractivity contribution in [3.05, 3.63) is 67.8 Å². The molecule has 0 unspecified atom stereocenters. The molecule has 0 heterocycles. The zero-order chi connectivity index (χ0) is 23.9. The average Bonchev–Trinajstić information content (AvgIpc) is 2.74. The highest BCUT2D eigenvalue weighted by molar-refractivity contribution is 14.1. The second kappa shape index (κ2) is 11.4. The Morgan fingerprint density at radius 2 is 1.81 bits per heavy atom. The minimum atomic E-state index is -4.46. The van der Waals surface area contributed by atoms with Gasteiger partial charge in [-0.2, -0.15) is 4.31 Å². The van der Waals surface area contributed by atoms with Gasteiger partial charge in [-0.3, -0.25) is 14.9 Å². The highest BCUT2D eigenvalue weighted by Crippen LogP contribution is 2.29. The Balaban J connectivity index is 2.61. The van der Waals surface area contributed by atoms with Crippen LogP contribution < -0.4 is 0 Å². The summed E-state index contributed by atoms with van der Waals surface area (Å²) in [6, 6.07) is 11.1. The SMILES string of the molecule is CCOC(=O)[C@H](C(C)C)N(CC#Cc1ccccc1I)S(=O)(=O)c1ccccc1[N+](=O)[O-]. The van der Waals surface area contributed by atoms with Crippen LogP contribution in [0.3, 0.4) is 0 Å². The molecule has 0 saturated heterocycles. The fraction of sp³-hybridized carbons (Fsp3) is 0.318. The molecule has 0 aliphatic heterocycles. The van der Waals surface area contributed by atoms with Gasteiger partial charge in [0, 0.05) is 15.2 Å². The van der Waals surface area contributed by atoms with Gasteiger partial charge in [0.2, 0.25) is 0 Å². The number of sulfonamides is 1. The number of rotatable bonds is 8. The first kappa shape index (κ1) is 25.8. The average molecular weight is 570 g/mol. The van der Waals surface area contributed by atoms with E-state index in [1.165, 1.54) is 12.1 Å². The van der Waals surface area contributed by atoms with Crippen molar-refractivity contribution in [1.82, 2.24) is 4.31 Å². The van der Waals surface area contributed by atoms with Crippen molar-refractivity contribution in [3.63, 3.8) is 0 Å². The van der Waals surface area contributed by atoms with Crippen molar-refractivity contribution in [2.75, 3.05) is 13.2 Å². The fourth-order valence-electron chi connectivity index (χ4n) is 3.01. The molecular weight excluding hydrogens is 547 g/mol. The molecule has 32 heavy (non-hydrogen) atoms. The van der Waals surface area contributed by atoms with Gasteiger partial charge in [0.15, 0.2) is 4.90 Å². The Hall–Kier alpha value is -2.49. The lowest BCUT2D eigenvalue weighted by Crippen LogP contribution is -2.49. The van der Waals surface area contributed by atoms with E-state index in [-0.39, 0.29) is 13.2 Å². The first-order valence-electron chi connectivity index (χ1n) is 9.76. The monoisotopic (exact) mass is 570 g/mol. The van der Waals surface area contributed by atoms with Crippen LogP contribution in [0.1, 0.15) is 26.3 Å². The molecule has 0 bridgehead atoms. The topological polar surface area (TPSA) is 107 Å². The summed E-state index contributed by atoms with van der Waals surface area (Å²) >= 11 is 2.12. The van der Waals surface area contributed by atoms with E-state index in [2.05, 4.69) is 34.4 Å². The molecule has 0 aliphatic rings. The third kappa shape index (κ3) is 6.05. The number of benzene rings is 2. The Bertz CT molecular complexity index is 1150. The molecule has 2 rings (SSSR count). The number of nitro groups is 1. The number of ether oxygens (including phenoxy) is 1. The van der Waals surface area contributed by atoms with Gasteiger partial charge in [0.25, 0.3) is 15.7 Å². The Morgan fingerprint density at radius 1 is 1.19 bits per heavy atom. The predicted molar refractivity (Wildman–Crippen MR) is 128 cm³/mol. The third-order valence-electron chi connectivity index (χ3n) is 4.45. The summed E-state index contributed by atoms with van der Waals surface area (Å²) in [6.45, 7) is 4.69. The van der Waals surface area contributed by atoms with Crippen LogP contribution in [-0.4, -0.2) is 42.8 Å². The Labute approximate surface area is 201 Å². The minimum absolute atomic E-state index is 0.0648. The van der Waals surface area contributed by atoms with E-state index in [0.29, 0.717) is 5.56 Å². The standard InChI is InChI=1S/C22H23IN2O6S/c1-4-31-22(26)21(16(2)3)24(15-9-11-17-10-5-6-12-18(17)23)32(29,30)20-14-8-7-13-19(20)25(27)28/h5-8,10,12-14,16,21H,4,15H2,1-3H3/t21-/m0/s1. The quantitative estimate of drug-likeness (QED) is 0.157. The molecule has 0 N–H and O–H groups in total. The number of esters is 1. The highest BCUT2D eigenvalue weighted by Gasteiger charge is 2.41. The molecule has 2 aromatic carbocycles. The summed E-state index contributed by atoms with van der Waals surface area (Å²) in [4.78, 5) is 22.9. The number of para-hydroxylation sites is 1. The van der Waals surface area contributed by atoms with Crippen molar-refractivity contribution in [1.29, 1.82) is 0 Å². The summed E-state index contributed by atoms with van der Waals surface area (Å²) < 4.78 is 34.0. The molecule has 2 aromatic rings. The smallest absolute Gasteiger partial charge is 0.324 e. The van der Waals surface area contributed by atoms with Crippen molar-refractivity contribution >= 4 is 44.3 Å². The predicted octanol–water partition coefficient (Wildman–Crippen LogP) is 3.83. The van der Waals surface area contributed by atoms with Crippen molar-refractivity contribution < 1.29 is 22.9 Å². The van der Waals surface area contributed by atoms with Gasteiger partial charge < -0.3 is 4.74 Å². The molecule has 0 amide bonds. The molecule has 170 valence electrons. The highest BCUT2D eigenvalue weighted by atomic mass is 127. The summed E-state index contributed by atoms with van der Waals surface area (Å²) in [6.07, 6.45) is 0. The zero-order valence-corrected chi connectivity index (χ0v) is 20.8. The number of carbonyl (C=O) groups is 1. The van der Waals surface area contributed by atoms with Crippen molar-refractivity contribution in [3.8, 4) is 11.8 Å². The molecular formula is C22H23IN2O6S. The van der Waals surface area contributed by atoms with E-state index in [1.54, 1.807) is 26.8 Å². The number of hydrogen-bond donors (Lipinski definition) is 0. The maximum Gasteiger partial charge on any atom is 0.324 e. The van der Waals surface area contributed by atoms with Crippen LogP contribution in [0.2, 0.25) is 0 Å². The van der Waals surface area contributed by atoms with E-state index >= 15 is 0 Å². The van der Waals surface area contributed by atoms with Gasteiger partial charge in [0.1, 0.15) is 6.04 Å². The lowest BCUT2D eigenvalue weighted by molar-refractivity contribution is -0.387. The maximum absolute atomic E-state index is 13.6. The van der Waals surface area contributed by atoms with Crippen molar-refractivity contribution in [2.24, 2.45) is 5.92 Å². The number of nitrogens with zero attached hydrogens (tertiary/aromatic N) is 2. The summed E-state index contributed by atoms with van der Waals surface area (Å²) in [5, 5.41) is 11.5. The van der Waals surface area contributed by atoms with E-state index in [9.17, 15) is 23.3 Å². The molecule has 10 heteroatoms. The number of halogens is 1. The summed E-state index contributed by atoms with van der Waals surface area (Å²) in [7, 11) is -4.46.